The van der Waals surface area contributed by atoms with E-state index in [2.05, 4.69) is 5.32 Å². The highest BCUT2D eigenvalue weighted by Gasteiger charge is 2.29. The molecule has 0 aliphatic heterocycles. The molecule has 1 amide bonds. The van der Waals surface area contributed by atoms with E-state index in [0.29, 0.717) is 25.5 Å². The third-order valence-corrected chi connectivity index (χ3v) is 2.86. The maximum Gasteiger partial charge on any atom is 0.221 e. The Balaban J connectivity index is 2.12. The molecule has 1 rings (SSSR count). The number of amides is 1. The molecular weight excluding hydrogens is 208 g/mol. The molecule has 1 saturated carbocycles. The predicted molar refractivity (Wildman–Crippen MR) is 61.0 cm³/mol. The topological polar surface area (TPSA) is 73.6 Å². The summed E-state index contributed by atoms with van der Waals surface area (Å²) in [6.45, 7) is 0.950. The second-order valence-electron chi connectivity index (χ2n) is 4.32. The summed E-state index contributed by atoms with van der Waals surface area (Å²) in [5, 5.41) is 2.81. The molecule has 94 valence electrons. The van der Waals surface area contributed by atoms with Gasteiger partial charge < -0.3 is 20.5 Å². The van der Waals surface area contributed by atoms with Gasteiger partial charge in [-0.2, -0.15) is 0 Å². The molecule has 0 radical (unpaired) electrons. The van der Waals surface area contributed by atoms with Gasteiger partial charge in [-0.1, -0.05) is 0 Å². The van der Waals surface area contributed by atoms with Crippen LogP contribution < -0.4 is 11.1 Å². The van der Waals surface area contributed by atoms with Gasteiger partial charge in [0.1, 0.15) is 0 Å². The van der Waals surface area contributed by atoms with Crippen molar-refractivity contribution >= 4 is 5.91 Å². The van der Waals surface area contributed by atoms with Gasteiger partial charge in [-0.05, 0) is 18.8 Å². The highest BCUT2D eigenvalue weighted by molar-refractivity contribution is 5.76. The summed E-state index contributed by atoms with van der Waals surface area (Å²) >= 11 is 0. The van der Waals surface area contributed by atoms with E-state index in [1.165, 1.54) is 12.8 Å². The van der Waals surface area contributed by atoms with Crippen molar-refractivity contribution in [2.75, 3.05) is 27.4 Å². The van der Waals surface area contributed by atoms with Gasteiger partial charge in [0.25, 0.3) is 0 Å². The Hall–Kier alpha value is -0.650. The molecule has 0 aromatic heterocycles. The number of carbonyl (C=O) groups is 1. The number of nitrogens with two attached hydrogens (primary N) is 1. The summed E-state index contributed by atoms with van der Waals surface area (Å²) in [5.41, 5.74) is 5.86. The van der Waals surface area contributed by atoms with Crippen LogP contribution in [0.2, 0.25) is 0 Å². The molecule has 5 nitrogen and oxygen atoms in total. The fraction of sp³-hybridized carbons (Fsp3) is 0.909. The van der Waals surface area contributed by atoms with Crippen LogP contribution >= 0.6 is 0 Å². The minimum absolute atomic E-state index is 0.00227. The molecule has 0 aromatic rings. The van der Waals surface area contributed by atoms with Gasteiger partial charge in [0.05, 0.1) is 12.7 Å². The van der Waals surface area contributed by atoms with Crippen LogP contribution in [0.3, 0.4) is 0 Å². The fourth-order valence-electron chi connectivity index (χ4n) is 1.60. The van der Waals surface area contributed by atoms with Crippen molar-refractivity contribution in [3.05, 3.63) is 0 Å². The molecule has 0 saturated heterocycles. The second-order valence-corrected chi connectivity index (χ2v) is 4.32. The molecule has 0 spiro atoms. The molecule has 1 fully saturated rings. The number of nitrogens with one attached hydrogen (secondary N) is 1. The van der Waals surface area contributed by atoms with E-state index in [4.69, 9.17) is 15.2 Å². The summed E-state index contributed by atoms with van der Waals surface area (Å²) in [4.78, 5) is 11.5. The molecule has 0 heterocycles. The van der Waals surface area contributed by atoms with Crippen LogP contribution in [0.15, 0.2) is 0 Å². The van der Waals surface area contributed by atoms with E-state index in [9.17, 15) is 4.79 Å². The van der Waals surface area contributed by atoms with E-state index in [1.807, 2.05) is 0 Å². The largest absolute Gasteiger partial charge is 0.382 e. The molecule has 2 unspecified atom stereocenters. The summed E-state index contributed by atoms with van der Waals surface area (Å²) in [7, 11) is 3.21. The Kier molecular flexibility index (Phi) is 5.73. The third-order valence-electron chi connectivity index (χ3n) is 2.86. The van der Waals surface area contributed by atoms with Crippen molar-refractivity contribution < 1.29 is 14.3 Å². The normalized spacial score (nSPS) is 19.2. The SMILES string of the molecule is COCC(CNC(=O)CC(N)C1CC1)OC. The highest BCUT2D eigenvalue weighted by atomic mass is 16.5. The molecule has 5 heteroatoms. The highest BCUT2D eigenvalue weighted by Crippen LogP contribution is 2.32. The average Bonchev–Trinajstić information content (AvgIpc) is 3.07. The molecule has 2 atom stereocenters. The van der Waals surface area contributed by atoms with Crippen molar-refractivity contribution in [2.24, 2.45) is 11.7 Å². The Morgan fingerprint density at radius 3 is 2.69 bits per heavy atom. The fourth-order valence-corrected chi connectivity index (χ4v) is 1.60. The minimum Gasteiger partial charge on any atom is -0.382 e. The van der Waals surface area contributed by atoms with Crippen LogP contribution in [0.1, 0.15) is 19.3 Å². The van der Waals surface area contributed by atoms with Crippen molar-refractivity contribution in [1.29, 1.82) is 0 Å². The van der Waals surface area contributed by atoms with Gasteiger partial charge in [-0.3, -0.25) is 4.79 Å². The Labute approximate surface area is 96.7 Å². The Morgan fingerprint density at radius 2 is 2.19 bits per heavy atom. The van der Waals surface area contributed by atoms with Crippen molar-refractivity contribution in [3.8, 4) is 0 Å². The van der Waals surface area contributed by atoms with Gasteiger partial charge in [-0.25, -0.2) is 0 Å². The number of hydrogen-bond acceptors (Lipinski definition) is 4. The van der Waals surface area contributed by atoms with E-state index in [-0.39, 0.29) is 18.1 Å². The molecule has 16 heavy (non-hydrogen) atoms. The summed E-state index contributed by atoms with van der Waals surface area (Å²) < 4.78 is 10.1. The first-order valence-corrected chi connectivity index (χ1v) is 5.71. The molecule has 0 aromatic carbocycles. The van der Waals surface area contributed by atoms with E-state index >= 15 is 0 Å². The first-order valence-electron chi connectivity index (χ1n) is 5.71. The molecule has 1 aliphatic carbocycles. The van der Waals surface area contributed by atoms with E-state index < -0.39 is 0 Å². The van der Waals surface area contributed by atoms with Gasteiger partial charge in [-0.15, -0.1) is 0 Å². The van der Waals surface area contributed by atoms with Crippen LogP contribution in [-0.4, -0.2) is 45.4 Å². The smallest absolute Gasteiger partial charge is 0.221 e. The van der Waals surface area contributed by atoms with Gasteiger partial charge >= 0.3 is 0 Å². The Bertz CT molecular complexity index is 219. The monoisotopic (exact) mass is 230 g/mol. The zero-order valence-corrected chi connectivity index (χ0v) is 10.1. The van der Waals surface area contributed by atoms with Gasteiger partial charge in [0.2, 0.25) is 5.91 Å². The van der Waals surface area contributed by atoms with Crippen molar-refractivity contribution in [1.82, 2.24) is 5.32 Å². The van der Waals surface area contributed by atoms with Gasteiger partial charge in [0, 0.05) is 33.2 Å². The third kappa shape index (κ3) is 4.92. The number of carbonyl (C=O) groups excluding carboxylic acids is 1. The summed E-state index contributed by atoms with van der Waals surface area (Å²) in [6, 6.07) is 0.0171. The quantitative estimate of drug-likeness (QED) is 0.610. The summed E-state index contributed by atoms with van der Waals surface area (Å²) in [6.07, 6.45) is 2.65. The first-order chi connectivity index (χ1) is 7.67. The molecule has 3 N–H and O–H groups in total. The zero-order chi connectivity index (χ0) is 12.0. The lowest BCUT2D eigenvalue weighted by Crippen LogP contribution is -2.38. The van der Waals surface area contributed by atoms with Gasteiger partial charge in [0.15, 0.2) is 0 Å². The maximum atomic E-state index is 11.5. The number of hydrogen-bond donors (Lipinski definition) is 2. The van der Waals surface area contributed by atoms with Crippen LogP contribution in [-0.2, 0) is 14.3 Å². The van der Waals surface area contributed by atoms with Crippen molar-refractivity contribution in [2.45, 2.75) is 31.4 Å². The molecule has 0 bridgehead atoms. The second kappa shape index (κ2) is 6.83. The lowest BCUT2D eigenvalue weighted by atomic mass is 10.1. The molecule has 1 aliphatic rings. The number of ether oxygens (including phenoxy) is 2. The van der Waals surface area contributed by atoms with Crippen LogP contribution in [0.4, 0.5) is 0 Å². The maximum absolute atomic E-state index is 11.5. The lowest BCUT2D eigenvalue weighted by Gasteiger charge is -2.16. The number of rotatable bonds is 8. The molecular formula is C11H22N2O3. The standard InChI is InChI=1S/C11H22N2O3/c1-15-7-9(16-2)6-13-11(14)5-10(12)8-3-4-8/h8-10H,3-7,12H2,1-2H3,(H,13,14). The Morgan fingerprint density at radius 1 is 1.50 bits per heavy atom. The van der Waals surface area contributed by atoms with Crippen LogP contribution in [0.5, 0.6) is 0 Å². The van der Waals surface area contributed by atoms with Crippen LogP contribution in [0, 0.1) is 5.92 Å². The predicted octanol–water partition coefficient (Wildman–Crippen LogP) is -0.109. The lowest BCUT2D eigenvalue weighted by molar-refractivity contribution is -0.122. The zero-order valence-electron chi connectivity index (χ0n) is 10.1. The van der Waals surface area contributed by atoms with E-state index in [0.717, 1.165) is 0 Å². The summed E-state index contributed by atoms with van der Waals surface area (Å²) in [5.74, 6) is 0.556. The average molecular weight is 230 g/mol. The number of methoxy groups -OCH3 is 2. The van der Waals surface area contributed by atoms with Crippen LogP contribution in [0.25, 0.3) is 0 Å². The van der Waals surface area contributed by atoms with Crippen molar-refractivity contribution in [3.63, 3.8) is 0 Å². The van der Waals surface area contributed by atoms with E-state index in [1.54, 1.807) is 14.2 Å². The minimum atomic E-state index is -0.0916. The first kappa shape index (κ1) is 13.4.